The maximum absolute atomic E-state index is 14.9. The third kappa shape index (κ3) is 5.03. The number of benzene rings is 3. The summed E-state index contributed by atoms with van der Waals surface area (Å²) >= 11 is 0. The summed E-state index contributed by atoms with van der Waals surface area (Å²) in [5, 5.41) is 0. The first-order chi connectivity index (χ1) is 16.9. The highest BCUT2D eigenvalue weighted by Gasteiger charge is 2.42. The Balaban J connectivity index is 1.66. The van der Waals surface area contributed by atoms with Crippen LogP contribution in [-0.2, 0) is 6.11 Å². The molecule has 36 heavy (non-hydrogen) atoms. The zero-order chi connectivity index (χ0) is 26.4. The summed E-state index contributed by atoms with van der Waals surface area (Å²) < 4.78 is 132. The molecule has 0 spiro atoms. The van der Waals surface area contributed by atoms with Crippen molar-refractivity contribution in [2.24, 2.45) is 5.92 Å². The van der Waals surface area contributed by atoms with Gasteiger partial charge in [-0.1, -0.05) is 19.8 Å². The molecule has 0 atom stereocenters. The topological polar surface area (TPSA) is 9.23 Å². The summed E-state index contributed by atoms with van der Waals surface area (Å²) in [5.74, 6) is -12.6. The van der Waals surface area contributed by atoms with Crippen molar-refractivity contribution in [3.63, 3.8) is 0 Å². The van der Waals surface area contributed by atoms with Crippen molar-refractivity contribution in [2.45, 2.75) is 44.6 Å². The van der Waals surface area contributed by atoms with Crippen molar-refractivity contribution in [2.75, 3.05) is 0 Å². The second-order valence-electron chi connectivity index (χ2n) is 8.95. The van der Waals surface area contributed by atoms with E-state index in [1.165, 1.54) is 0 Å². The van der Waals surface area contributed by atoms with Crippen LogP contribution in [0.4, 0.5) is 39.5 Å². The smallest absolute Gasteiger partial charge is 0.429 e. The number of halogens is 9. The molecule has 0 aromatic heterocycles. The zero-order valence-corrected chi connectivity index (χ0v) is 18.8. The second kappa shape index (κ2) is 9.71. The molecule has 3 aromatic rings. The van der Waals surface area contributed by atoms with Crippen LogP contribution in [-0.4, -0.2) is 0 Å². The lowest BCUT2D eigenvalue weighted by Gasteiger charge is -2.26. The standard InChI is InChI=1S/C26H19F9O/c1-12-2-4-13(5-3-12)14-6-17(27)23(18(28)7-14)15-8-19(29)24(20(30)9-15)26(34,35)36-16-10-21(31)25(33)22(32)11-16/h6-13H,2-5H2,1H3. The van der Waals surface area contributed by atoms with E-state index in [9.17, 15) is 39.5 Å². The molecule has 1 fully saturated rings. The monoisotopic (exact) mass is 518 g/mol. The summed E-state index contributed by atoms with van der Waals surface area (Å²) in [5.41, 5.74) is -3.05. The Morgan fingerprint density at radius 2 is 1.17 bits per heavy atom. The predicted octanol–water partition coefficient (Wildman–Crippen LogP) is 8.75. The molecule has 0 amide bonds. The van der Waals surface area contributed by atoms with E-state index in [2.05, 4.69) is 11.7 Å². The van der Waals surface area contributed by atoms with Gasteiger partial charge in [-0.25, -0.2) is 30.7 Å². The van der Waals surface area contributed by atoms with Crippen LogP contribution in [0.1, 0.15) is 49.7 Å². The SMILES string of the molecule is CC1CCC(c2cc(F)c(-c3cc(F)c(C(F)(F)Oc4cc(F)c(F)c(F)c4)c(F)c3)c(F)c2)CC1. The molecule has 0 unspecified atom stereocenters. The second-order valence-corrected chi connectivity index (χ2v) is 8.95. The average molecular weight is 518 g/mol. The van der Waals surface area contributed by atoms with E-state index in [4.69, 9.17) is 0 Å². The minimum atomic E-state index is -4.82. The highest BCUT2D eigenvalue weighted by Crippen LogP contribution is 2.40. The average Bonchev–Trinajstić information content (AvgIpc) is 2.76. The molecule has 0 saturated heterocycles. The molecule has 1 nitrogen and oxygen atoms in total. The molecule has 0 heterocycles. The van der Waals surface area contributed by atoms with Crippen LogP contribution in [0.5, 0.6) is 5.75 Å². The Labute approximate surface area is 200 Å². The molecule has 1 saturated carbocycles. The largest absolute Gasteiger partial charge is 0.432 e. The number of hydrogen-bond donors (Lipinski definition) is 0. The summed E-state index contributed by atoms with van der Waals surface area (Å²) in [6, 6.07) is 2.86. The van der Waals surface area contributed by atoms with E-state index in [-0.39, 0.29) is 18.1 Å². The lowest BCUT2D eigenvalue weighted by Crippen LogP contribution is -2.25. The Hall–Kier alpha value is -3.17. The van der Waals surface area contributed by atoms with Gasteiger partial charge in [-0.3, -0.25) is 0 Å². The quantitative estimate of drug-likeness (QED) is 0.242. The molecule has 0 aliphatic heterocycles. The first-order valence-corrected chi connectivity index (χ1v) is 11.1. The maximum Gasteiger partial charge on any atom is 0.432 e. The molecule has 0 N–H and O–H groups in total. The highest BCUT2D eigenvalue weighted by molar-refractivity contribution is 5.66. The van der Waals surface area contributed by atoms with Crippen LogP contribution in [0.25, 0.3) is 11.1 Å². The van der Waals surface area contributed by atoms with Crippen molar-refractivity contribution in [1.82, 2.24) is 0 Å². The first-order valence-electron chi connectivity index (χ1n) is 11.1. The minimum absolute atomic E-state index is 0.0653. The molecular formula is C26H19F9O. The van der Waals surface area contributed by atoms with Gasteiger partial charge in [0.25, 0.3) is 0 Å². The van der Waals surface area contributed by atoms with Gasteiger partial charge in [-0.15, -0.1) is 0 Å². The Morgan fingerprint density at radius 1 is 0.667 bits per heavy atom. The van der Waals surface area contributed by atoms with Gasteiger partial charge in [0.1, 0.15) is 34.6 Å². The fraction of sp³-hybridized carbons (Fsp3) is 0.308. The zero-order valence-electron chi connectivity index (χ0n) is 18.8. The van der Waals surface area contributed by atoms with Gasteiger partial charge in [-0.05, 0) is 60.1 Å². The van der Waals surface area contributed by atoms with E-state index in [0.29, 0.717) is 23.6 Å². The van der Waals surface area contributed by atoms with Gasteiger partial charge in [-0.2, -0.15) is 8.78 Å². The lowest BCUT2D eigenvalue weighted by molar-refractivity contribution is -0.189. The van der Waals surface area contributed by atoms with Crippen LogP contribution in [0, 0.1) is 46.6 Å². The van der Waals surface area contributed by atoms with Crippen LogP contribution < -0.4 is 4.74 Å². The molecule has 1 aliphatic carbocycles. The third-order valence-corrected chi connectivity index (χ3v) is 6.38. The Kier molecular flexibility index (Phi) is 6.99. The Morgan fingerprint density at radius 3 is 1.67 bits per heavy atom. The number of alkyl halides is 2. The molecular weight excluding hydrogens is 499 g/mol. The van der Waals surface area contributed by atoms with Gasteiger partial charge in [0, 0.05) is 12.1 Å². The fourth-order valence-corrected chi connectivity index (χ4v) is 4.48. The normalized spacial score (nSPS) is 18.4. The number of rotatable bonds is 5. The molecule has 4 rings (SSSR count). The van der Waals surface area contributed by atoms with Crippen LogP contribution in [0.2, 0.25) is 0 Å². The van der Waals surface area contributed by atoms with Crippen molar-refractivity contribution < 1.29 is 44.3 Å². The van der Waals surface area contributed by atoms with E-state index < -0.39 is 69.3 Å². The predicted molar refractivity (Wildman–Crippen MR) is 113 cm³/mol. The molecule has 1 aliphatic rings. The Bertz CT molecular complexity index is 1230. The molecule has 3 aromatic carbocycles. The van der Waals surface area contributed by atoms with Gasteiger partial charge in [0.2, 0.25) is 0 Å². The first kappa shape index (κ1) is 25.9. The maximum atomic E-state index is 14.9. The molecule has 0 radical (unpaired) electrons. The van der Waals surface area contributed by atoms with Crippen LogP contribution in [0.15, 0.2) is 36.4 Å². The highest BCUT2D eigenvalue weighted by atomic mass is 19.3. The van der Waals surface area contributed by atoms with Gasteiger partial charge in [0.05, 0.1) is 5.56 Å². The summed E-state index contributed by atoms with van der Waals surface area (Å²) in [4.78, 5) is 0. The fourth-order valence-electron chi connectivity index (χ4n) is 4.48. The van der Waals surface area contributed by atoms with E-state index in [1.54, 1.807) is 0 Å². The van der Waals surface area contributed by atoms with Gasteiger partial charge < -0.3 is 4.74 Å². The van der Waals surface area contributed by atoms with Crippen molar-refractivity contribution in [3.05, 3.63) is 88.2 Å². The van der Waals surface area contributed by atoms with Gasteiger partial charge in [0.15, 0.2) is 17.5 Å². The minimum Gasteiger partial charge on any atom is -0.429 e. The summed E-state index contributed by atoms with van der Waals surface area (Å²) in [6.07, 6.45) is -1.58. The summed E-state index contributed by atoms with van der Waals surface area (Å²) in [7, 11) is 0. The summed E-state index contributed by atoms with van der Waals surface area (Å²) in [6.45, 7) is 2.08. The van der Waals surface area contributed by atoms with Crippen LogP contribution >= 0.6 is 0 Å². The van der Waals surface area contributed by atoms with E-state index in [0.717, 1.165) is 37.8 Å². The molecule has 192 valence electrons. The number of hydrogen-bond acceptors (Lipinski definition) is 1. The molecule has 10 heteroatoms. The van der Waals surface area contributed by atoms with Crippen molar-refractivity contribution in [3.8, 4) is 16.9 Å². The third-order valence-electron chi connectivity index (χ3n) is 6.38. The molecule has 0 bridgehead atoms. The van der Waals surface area contributed by atoms with E-state index in [1.807, 2.05) is 0 Å². The van der Waals surface area contributed by atoms with Gasteiger partial charge >= 0.3 is 6.11 Å². The lowest BCUT2D eigenvalue weighted by atomic mass is 9.79. The van der Waals surface area contributed by atoms with Crippen molar-refractivity contribution in [1.29, 1.82) is 0 Å². The van der Waals surface area contributed by atoms with Crippen molar-refractivity contribution >= 4 is 0 Å². The van der Waals surface area contributed by atoms with E-state index >= 15 is 0 Å². The van der Waals surface area contributed by atoms with Crippen LogP contribution in [0.3, 0.4) is 0 Å². The number of ether oxygens (including phenoxy) is 1.